The molecule has 1 amide bonds. The SMILES string of the molecule is O=C(Nc1ccc(-n2nc(C(F)(F)F)cc2C(F)(F)F)cc1)[C@H]1C[C@@H]2C=C[C@H]1C2. The standard InChI is InChI=1S/C19H15F6N3O/c20-18(21,22)15-9-16(19(23,24)25)28(27-15)13-5-3-12(4-6-13)26-17(29)14-8-10-1-2-11(14)7-10/h1-6,9-11,14H,7-8H2,(H,26,29)/t10-,11+,14+/m1/s1. The molecule has 2 aliphatic carbocycles. The first kappa shape index (κ1) is 19.5. The van der Waals surface area contributed by atoms with Crippen molar-refractivity contribution < 1.29 is 31.1 Å². The molecule has 2 aliphatic rings. The molecule has 1 saturated carbocycles. The van der Waals surface area contributed by atoms with E-state index in [1.807, 2.05) is 6.08 Å². The zero-order chi connectivity index (χ0) is 21.0. The lowest BCUT2D eigenvalue weighted by atomic mass is 9.93. The highest BCUT2D eigenvalue weighted by Gasteiger charge is 2.42. The summed E-state index contributed by atoms with van der Waals surface area (Å²) in [7, 11) is 0. The van der Waals surface area contributed by atoms with Crippen LogP contribution in [-0.4, -0.2) is 15.7 Å². The Bertz CT molecular complexity index is 958. The van der Waals surface area contributed by atoms with E-state index in [1.165, 1.54) is 24.3 Å². The van der Waals surface area contributed by atoms with Crippen LogP contribution < -0.4 is 5.32 Å². The maximum absolute atomic E-state index is 13.1. The number of allylic oxidation sites excluding steroid dienone is 2. The van der Waals surface area contributed by atoms with Crippen LogP contribution in [0.1, 0.15) is 24.2 Å². The van der Waals surface area contributed by atoms with Crippen molar-refractivity contribution >= 4 is 11.6 Å². The normalized spacial score (nSPS) is 23.6. The highest BCUT2D eigenvalue weighted by Crippen LogP contribution is 2.44. The van der Waals surface area contributed by atoms with Gasteiger partial charge in [0.2, 0.25) is 5.91 Å². The molecule has 10 heteroatoms. The molecule has 0 saturated heterocycles. The van der Waals surface area contributed by atoms with Crippen LogP contribution in [0.3, 0.4) is 0 Å². The van der Waals surface area contributed by atoms with Crippen LogP contribution in [0.5, 0.6) is 0 Å². The maximum atomic E-state index is 13.1. The maximum Gasteiger partial charge on any atom is 0.435 e. The van der Waals surface area contributed by atoms with Crippen molar-refractivity contribution in [3.05, 3.63) is 53.9 Å². The van der Waals surface area contributed by atoms with Gasteiger partial charge in [0.25, 0.3) is 0 Å². The Morgan fingerprint density at radius 2 is 1.69 bits per heavy atom. The van der Waals surface area contributed by atoms with Crippen LogP contribution in [0.2, 0.25) is 0 Å². The fourth-order valence-electron chi connectivity index (χ4n) is 3.92. The molecule has 2 aromatic rings. The van der Waals surface area contributed by atoms with Gasteiger partial charge in [0.05, 0.1) is 5.69 Å². The minimum atomic E-state index is -5.02. The monoisotopic (exact) mass is 415 g/mol. The highest BCUT2D eigenvalue weighted by atomic mass is 19.4. The third-order valence-electron chi connectivity index (χ3n) is 5.29. The summed E-state index contributed by atoms with van der Waals surface area (Å²) in [6.45, 7) is 0. The molecule has 29 heavy (non-hydrogen) atoms. The number of fused-ring (bicyclic) bond motifs is 2. The van der Waals surface area contributed by atoms with E-state index in [2.05, 4.69) is 16.5 Å². The Hall–Kier alpha value is -2.78. The zero-order valence-electron chi connectivity index (χ0n) is 14.8. The lowest BCUT2D eigenvalue weighted by Crippen LogP contribution is -2.25. The number of carbonyl (C=O) groups is 1. The summed E-state index contributed by atoms with van der Waals surface area (Å²) in [5.41, 5.74) is -3.02. The second-order valence-electron chi connectivity index (χ2n) is 7.24. The number of anilines is 1. The highest BCUT2D eigenvalue weighted by molar-refractivity contribution is 5.93. The van der Waals surface area contributed by atoms with Gasteiger partial charge in [-0.05, 0) is 48.9 Å². The average Bonchev–Trinajstić information content (AvgIpc) is 3.36. The first-order valence-corrected chi connectivity index (χ1v) is 8.86. The summed E-state index contributed by atoms with van der Waals surface area (Å²) in [4.78, 5) is 12.4. The molecule has 154 valence electrons. The number of nitrogens with zero attached hydrogens (tertiary/aromatic N) is 2. The first-order valence-electron chi connectivity index (χ1n) is 8.86. The summed E-state index contributed by atoms with van der Waals surface area (Å²) in [6.07, 6.45) is -4.20. The van der Waals surface area contributed by atoms with Crippen molar-refractivity contribution in [2.45, 2.75) is 25.2 Å². The van der Waals surface area contributed by atoms with Gasteiger partial charge in [0.1, 0.15) is 5.69 Å². The van der Waals surface area contributed by atoms with Crippen molar-refractivity contribution in [1.29, 1.82) is 0 Å². The molecule has 0 unspecified atom stereocenters. The average molecular weight is 415 g/mol. The predicted molar refractivity (Wildman–Crippen MR) is 91.0 cm³/mol. The molecule has 1 aromatic heterocycles. The molecule has 2 bridgehead atoms. The van der Waals surface area contributed by atoms with Crippen LogP contribution in [0, 0.1) is 17.8 Å². The van der Waals surface area contributed by atoms with E-state index < -0.39 is 23.7 Å². The van der Waals surface area contributed by atoms with E-state index in [0.29, 0.717) is 11.6 Å². The van der Waals surface area contributed by atoms with E-state index >= 15 is 0 Å². The van der Waals surface area contributed by atoms with E-state index in [1.54, 1.807) is 0 Å². The number of benzene rings is 1. The molecule has 0 aliphatic heterocycles. The van der Waals surface area contributed by atoms with Crippen LogP contribution >= 0.6 is 0 Å². The number of halogens is 6. The summed E-state index contributed by atoms with van der Waals surface area (Å²) >= 11 is 0. The van der Waals surface area contributed by atoms with Gasteiger partial charge in [-0.1, -0.05) is 12.2 Å². The van der Waals surface area contributed by atoms with Gasteiger partial charge in [-0.3, -0.25) is 4.79 Å². The fourth-order valence-corrected chi connectivity index (χ4v) is 3.92. The lowest BCUT2D eigenvalue weighted by molar-refractivity contribution is -0.143. The third-order valence-corrected chi connectivity index (χ3v) is 5.29. The summed E-state index contributed by atoms with van der Waals surface area (Å²) in [5, 5.41) is 5.79. The number of carbonyl (C=O) groups excluding carboxylic acids is 1. The lowest BCUT2D eigenvalue weighted by Gasteiger charge is -2.17. The Kier molecular flexibility index (Phi) is 4.47. The molecule has 0 radical (unpaired) electrons. The Morgan fingerprint density at radius 3 is 2.21 bits per heavy atom. The molecule has 1 fully saturated rings. The van der Waals surface area contributed by atoms with Gasteiger partial charge in [0, 0.05) is 17.7 Å². The smallest absolute Gasteiger partial charge is 0.326 e. The van der Waals surface area contributed by atoms with Gasteiger partial charge < -0.3 is 5.32 Å². The Morgan fingerprint density at radius 1 is 1.00 bits per heavy atom. The summed E-state index contributed by atoms with van der Waals surface area (Å²) in [5.74, 6) is 0.269. The minimum absolute atomic E-state index is 0.0294. The van der Waals surface area contributed by atoms with Crippen LogP contribution in [0.25, 0.3) is 5.69 Å². The molecule has 4 nitrogen and oxygen atoms in total. The van der Waals surface area contributed by atoms with E-state index in [0.717, 1.165) is 12.8 Å². The number of nitrogens with one attached hydrogen (secondary N) is 1. The van der Waals surface area contributed by atoms with Crippen molar-refractivity contribution in [3.8, 4) is 5.69 Å². The predicted octanol–water partition coefficient (Wildman–Crippen LogP) is 5.06. The van der Waals surface area contributed by atoms with E-state index in [-0.39, 0.29) is 34.2 Å². The van der Waals surface area contributed by atoms with Crippen molar-refractivity contribution in [3.63, 3.8) is 0 Å². The minimum Gasteiger partial charge on any atom is -0.326 e. The summed E-state index contributed by atoms with van der Waals surface area (Å²) < 4.78 is 78.1. The Balaban J connectivity index is 1.56. The van der Waals surface area contributed by atoms with E-state index in [9.17, 15) is 31.1 Å². The first-order chi connectivity index (χ1) is 13.5. The summed E-state index contributed by atoms with van der Waals surface area (Å²) in [6, 6.07) is 5.01. The second-order valence-corrected chi connectivity index (χ2v) is 7.24. The fraction of sp³-hybridized carbons (Fsp3) is 0.368. The van der Waals surface area contributed by atoms with Crippen LogP contribution in [-0.2, 0) is 17.1 Å². The third kappa shape index (κ3) is 3.75. The molecule has 3 atom stereocenters. The second kappa shape index (κ2) is 6.64. The number of alkyl halides is 6. The molecule has 0 spiro atoms. The topological polar surface area (TPSA) is 46.9 Å². The van der Waals surface area contributed by atoms with E-state index in [4.69, 9.17) is 0 Å². The molecule has 1 aromatic carbocycles. The number of rotatable bonds is 3. The van der Waals surface area contributed by atoms with Gasteiger partial charge in [-0.25, -0.2) is 4.68 Å². The van der Waals surface area contributed by atoms with Gasteiger partial charge in [-0.15, -0.1) is 0 Å². The quantitative estimate of drug-likeness (QED) is 0.563. The molecule has 1 N–H and O–H groups in total. The zero-order valence-corrected chi connectivity index (χ0v) is 14.8. The number of hydrogen-bond acceptors (Lipinski definition) is 2. The van der Waals surface area contributed by atoms with Crippen LogP contribution in [0.15, 0.2) is 42.5 Å². The molecule has 4 rings (SSSR count). The van der Waals surface area contributed by atoms with Crippen LogP contribution in [0.4, 0.5) is 32.0 Å². The number of hydrogen-bond donors (Lipinski definition) is 1. The van der Waals surface area contributed by atoms with Crippen molar-refractivity contribution in [2.24, 2.45) is 17.8 Å². The van der Waals surface area contributed by atoms with Gasteiger partial charge in [0.15, 0.2) is 5.69 Å². The Labute approximate surface area is 161 Å². The van der Waals surface area contributed by atoms with Crippen molar-refractivity contribution in [2.75, 3.05) is 5.32 Å². The number of aromatic nitrogens is 2. The largest absolute Gasteiger partial charge is 0.435 e. The molecule has 1 heterocycles. The van der Waals surface area contributed by atoms with Gasteiger partial charge in [-0.2, -0.15) is 31.4 Å². The van der Waals surface area contributed by atoms with Gasteiger partial charge >= 0.3 is 12.4 Å². The molecular weight excluding hydrogens is 400 g/mol. The number of amides is 1. The van der Waals surface area contributed by atoms with Crippen molar-refractivity contribution in [1.82, 2.24) is 9.78 Å². The molecular formula is C19H15F6N3O.